The van der Waals surface area contributed by atoms with Crippen molar-refractivity contribution in [1.29, 1.82) is 0 Å². The Morgan fingerprint density at radius 2 is 1.70 bits per heavy atom. The molecule has 3 heterocycles. The fraction of sp³-hybridized carbons (Fsp3) is 0.375. The topological polar surface area (TPSA) is 90.2 Å². The van der Waals surface area contributed by atoms with Gasteiger partial charge in [-0.05, 0) is 42.0 Å². The summed E-state index contributed by atoms with van der Waals surface area (Å²) in [4.78, 5) is 16.7. The molecule has 0 unspecified atom stereocenters. The summed E-state index contributed by atoms with van der Waals surface area (Å²) in [7, 11) is 1.60. The van der Waals surface area contributed by atoms with E-state index in [2.05, 4.69) is 27.2 Å². The minimum atomic E-state index is -0.289. The normalized spacial score (nSPS) is 16.9. The number of methoxy groups -OCH3 is 1. The Balaban J connectivity index is 1.11. The van der Waals surface area contributed by atoms with Gasteiger partial charge in [0.1, 0.15) is 17.6 Å². The first kappa shape index (κ1) is 21.4. The maximum atomic E-state index is 12.6. The highest BCUT2D eigenvalue weighted by Gasteiger charge is 2.35. The molecule has 1 amide bonds. The molecule has 0 aliphatic carbocycles. The van der Waals surface area contributed by atoms with Crippen molar-refractivity contribution in [3.8, 4) is 23.0 Å². The molecule has 0 bridgehead atoms. The number of nitrogens with zero attached hydrogens (tertiary/aromatic N) is 4. The molecule has 3 aromatic rings. The average Bonchev–Trinajstić information content (AvgIpc) is 3.33. The van der Waals surface area contributed by atoms with Crippen LogP contribution in [0.2, 0.25) is 0 Å². The molecule has 0 N–H and O–H groups in total. The van der Waals surface area contributed by atoms with Crippen molar-refractivity contribution in [3.05, 3.63) is 60.0 Å². The van der Waals surface area contributed by atoms with Crippen LogP contribution in [-0.4, -0.2) is 78.5 Å². The predicted molar refractivity (Wildman–Crippen MR) is 119 cm³/mol. The van der Waals surface area contributed by atoms with Crippen LogP contribution in [0.3, 0.4) is 0 Å². The predicted octanol–water partition coefficient (Wildman–Crippen LogP) is 2.48. The molecule has 9 heteroatoms. The molecule has 2 saturated heterocycles. The molecule has 2 aliphatic rings. The van der Waals surface area contributed by atoms with Crippen molar-refractivity contribution >= 4 is 5.91 Å². The zero-order chi connectivity index (χ0) is 22.6. The van der Waals surface area contributed by atoms with E-state index in [1.54, 1.807) is 36.3 Å². The van der Waals surface area contributed by atoms with Crippen LogP contribution in [0.4, 0.5) is 0 Å². The van der Waals surface area contributed by atoms with E-state index in [1.807, 2.05) is 12.1 Å². The molecular weight excluding hydrogens is 424 g/mol. The van der Waals surface area contributed by atoms with Gasteiger partial charge in [-0.3, -0.25) is 9.69 Å². The number of hydrogen-bond donors (Lipinski definition) is 0. The van der Waals surface area contributed by atoms with Gasteiger partial charge in [0.25, 0.3) is 0 Å². The molecule has 172 valence electrons. The maximum Gasteiger partial charge on any atom is 0.311 e. The van der Waals surface area contributed by atoms with Crippen LogP contribution < -0.4 is 9.47 Å². The van der Waals surface area contributed by atoms with E-state index in [0.717, 1.165) is 49.9 Å². The van der Waals surface area contributed by atoms with Crippen LogP contribution in [0, 0.1) is 0 Å². The van der Waals surface area contributed by atoms with Crippen LogP contribution in [0.25, 0.3) is 11.5 Å². The van der Waals surface area contributed by atoms with Crippen LogP contribution in [0.1, 0.15) is 16.2 Å². The second kappa shape index (κ2) is 9.60. The molecule has 0 atom stereocenters. The summed E-state index contributed by atoms with van der Waals surface area (Å²) in [5, 5.41) is 7.91. The quantitative estimate of drug-likeness (QED) is 0.542. The highest BCUT2D eigenvalue weighted by molar-refractivity contribution is 5.90. The van der Waals surface area contributed by atoms with E-state index in [9.17, 15) is 4.79 Å². The number of carbonyl (C=O) groups excluding carboxylic acids is 1. The van der Waals surface area contributed by atoms with Crippen LogP contribution >= 0.6 is 0 Å². The maximum absolute atomic E-state index is 12.6. The zero-order valence-corrected chi connectivity index (χ0v) is 18.5. The second-order valence-electron chi connectivity index (χ2n) is 8.12. The number of amides is 1. The van der Waals surface area contributed by atoms with Crippen molar-refractivity contribution in [3.63, 3.8) is 0 Å². The highest BCUT2D eigenvalue weighted by atomic mass is 16.5. The SMILES string of the molecule is COc1ccc(-c2nnc(C(=O)N3CC(Oc4ccc(CN5CCOCC5)cc4)C3)o2)cc1. The smallest absolute Gasteiger partial charge is 0.311 e. The number of hydrogen-bond acceptors (Lipinski definition) is 8. The summed E-state index contributed by atoms with van der Waals surface area (Å²) in [6, 6.07) is 15.4. The fourth-order valence-electron chi connectivity index (χ4n) is 3.86. The molecule has 2 aliphatic heterocycles. The van der Waals surface area contributed by atoms with Gasteiger partial charge in [0.2, 0.25) is 5.89 Å². The first-order chi connectivity index (χ1) is 16.2. The summed E-state index contributed by atoms with van der Waals surface area (Å²) < 4.78 is 22.1. The Labute approximate surface area is 191 Å². The molecule has 9 nitrogen and oxygen atoms in total. The van der Waals surface area contributed by atoms with Gasteiger partial charge in [0.15, 0.2) is 0 Å². The lowest BCUT2D eigenvalue weighted by Crippen LogP contribution is -2.56. The third kappa shape index (κ3) is 4.99. The first-order valence-electron chi connectivity index (χ1n) is 11.0. The summed E-state index contributed by atoms with van der Waals surface area (Å²) >= 11 is 0. The number of morpholine rings is 1. The molecule has 0 radical (unpaired) electrons. The number of aromatic nitrogens is 2. The molecular formula is C24H26N4O5. The summed E-state index contributed by atoms with van der Waals surface area (Å²) in [6.45, 7) is 5.40. The molecule has 2 fully saturated rings. The second-order valence-corrected chi connectivity index (χ2v) is 8.12. The van der Waals surface area contributed by atoms with Gasteiger partial charge in [-0.2, -0.15) is 0 Å². The van der Waals surface area contributed by atoms with Crippen LogP contribution in [0.15, 0.2) is 52.9 Å². The number of benzene rings is 2. The molecule has 0 spiro atoms. The lowest BCUT2D eigenvalue weighted by molar-refractivity contribution is 0.0149. The van der Waals surface area contributed by atoms with Gasteiger partial charge < -0.3 is 23.5 Å². The van der Waals surface area contributed by atoms with Crippen LogP contribution in [-0.2, 0) is 11.3 Å². The van der Waals surface area contributed by atoms with E-state index in [0.29, 0.717) is 19.0 Å². The Morgan fingerprint density at radius 1 is 1.00 bits per heavy atom. The minimum Gasteiger partial charge on any atom is -0.497 e. The van der Waals surface area contributed by atoms with Gasteiger partial charge in [-0.1, -0.05) is 12.1 Å². The Morgan fingerprint density at radius 3 is 2.39 bits per heavy atom. The number of carbonyl (C=O) groups is 1. The monoisotopic (exact) mass is 450 g/mol. The number of rotatable bonds is 7. The third-order valence-corrected chi connectivity index (χ3v) is 5.82. The first-order valence-corrected chi connectivity index (χ1v) is 11.0. The van der Waals surface area contributed by atoms with E-state index < -0.39 is 0 Å². The van der Waals surface area contributed by atoms with Gasteiger partial charge in [0.05, 0.1) is 33.4 Å². The van der Waals surface area contributed by atoms with E-state index in [-0.39, 0.29) is 17.9 Å². The minimum absolute atomic E-state index is 0.0215. The fourth-order valence-corrected chi connectivity index (χ4v) is 3.86. The molecule has 33 heavy (non-hydrogen) atoms. The Bertz CT molecular complexity index is 1070. The van der Waals surface area contributed by atoms with Crippen molar-refractivity contribution in [2.75, 3.05) is 46.5 Å². The largest absolute Gasteiger partial charge is 0.497 e. The van der Waals surface area contributed by atoms with Gasteiger partial charge in [-0.15, -0.1) is 10.2 Å². The lowest BCUT2D eigenvalue weighted by Gasteiger charge is -2.38. The standard InChI is InChI=1S/C24H26N4O5/c1-30-19-8-4-18(5-9-19)22-25-26-23(33-22)24(29)28-15-21(16-28)32-20-6-2-17(3-7-20)14-27-10-12-31-13-11-27/h2-9,21H,10-16H2,1H3. The van der Waals surface area contributed by atoms with Crippen molar-refractivity contribution in [2.24, 2.45) is 0 Å². The molecule has 1 aromatic heterocycles. The summed E-state index contributed by atoms with van der Waals surface area (Å²) in [5.41, 5.74) is 1.97. The molecule has 5 rings (SSSR count). The number of ether oxygens (including phenoxy) is 3. The zero-order valence-electron chi connectivity index (χ0n) is 18.5. The van der Waals surface area contributed by atoms with Crippen molar-refractivity contribution in [1.82, 2.24) is 20.0 Å². The average molecular weight is 450 g/mol. The summed E-state index contributed by atoms with van der Waals surface area (Å²) in [5.74, 6) is 1.52. The summed E-state index contributed by atoms with van der Waals surface area (Å²) in [6.07, 6.45) is -0.0528. The van der Waals surface area contributed by atoms with Gasteiger partial charge in [0, 0.05) is 25.2 Å². The highest BCUT2D eigenvalue weighted by Crippen LogP contribution is 2.24. The van der Waals surface area contributed by atoms with Gasteiger partial charge >= 0.3 is 11.8 Å². The van der Waals surface area contributed by atoms with Crippen LogP contribution in [0.5, 0.6) is 11.5 Å². The van der Waals surface area contributed by atoms with Crippen molar-refractivity contribution in [2.45, 2.75) is 12.6 Å². The lowest BCUT2D eigenvalue weighted by atomic mass is 10.1. The Kier molecular flexibility index (Phi) is 6.23. The Hall–Kier alpha value is -3.43. The van der Waals surface area contributed by atoms with E-state index >= 15 is 0 Å². The van der Waals surface area contributed by atoms with E-state index in [4.69, 9.17) is 18.6 Å². The van der Waals surface area contributed by atoms with Gasteiger partial charge in [-0.25, -0.2) is 0 Å². The van der Waals surface area contributed by atoms with Crippen molar-refractivity contribution < 1.29 is 23.4 Å². The molecule has 0 saturated carbocycles. The third-order valence-electron chi connectivity index (χ3n) is 5.82. The van der Waals surface area contributed by atoms with E-state index in [1.165, 1.54) is 5.56 Å². The molecule has 2 aromatic carbocycles. The number of likely N-dealkylation sites (tertiary alicyclic amines) is 1.